The largest absolute Gasteiger partial charge is 0.379 e. The molecular weight excluding hydrogens is 361 g/mol. The lowest BCUT2D eigenvalue weighted by molar-refractivity contribution is 0.0385. The molecule has 1 aliphatic heterocycles. The molecule has 0 saturated carbocycles. The van der Waals surface area contributed by atoms with Crippen LogP contribution in [0.25, 0.3) is 11.3 Å². The summed E-state index contributed by atoms with van der Waals surface area (Å²) in [6, 6.07) is 16.6. The quantitative estimate of drug-likeness (QED) is 0.677. The number of rotatable bonds is 6. The van der Waals surface area contributed by atoms with Crippen molar-refractivity contribution in [1.82, 2.24) is 9.88 Å². The van der Waals surface area contributed by atoms with Crippen LogP contribution in [0.4, 0.5) is 15.2 Å². The van der Waals surface area contributed by atoms with Gasteiger partial charge in [0.1, 0.15) is 5.82 Å². The van der Waals surface area contributed by atoms with Crippen LogP contribution < -0.4 is 5.32 Å². The number of nitrogens with one attached hydrogen (secondary N) is 1. The summed E-state index contributed by atoms with van der Waals surface area (Å²) in [5.41, 5.74) is 2.90. The maximum Gasteiger partial charge on any atom is 0.187 e. The molecule has 0 spiro atoms. The Morgan fingerprint density at radius 2 is 1.78 bits per heavy atom. The molecule has 2 aromatic carbocycles. The maximum atomic E-state index is 13.3. The highest BCUT2D eigenvalue weighted by Gasteiger charge is 2.16. The molecule has 140 valence electrons. The minimum Gasteiger partial charge on any atom is -0.379 e. The number of hydrogen-bond donors (Lipinski definition) is 1. The molecule has 0 aliphatic carbocycles. The van der Waals surface area contributed by atoms with Gasteiger partial charge < -0.3 is 10.1 Å². The average molecular weight is 383 g/mol. The molecule has 1 fully saturated rings. The Morgan fingerprint density at radius 1 is 1.04 bits per heavy atom. The van der Waals surface area contributed by atoms with Gasteiger partial charge in [-0.3, -0.25) is 4.90 Å². The zero-order valence-electron chi connectivity index (χ0n) is 15.0. The van der Waals surface area contributed by atoms with E-state index in [1.807, 2.05) is 30.3 Å². The van der Waals surface area contributed by atoms with E-state index in [-0.39, 0.29) is 5.82 Å². The zero-order chi connectivity index (χ0) is 18.5. The normalized spacial score (nSPS) is 15.0. The van der Waals surface area contributed by atoms with Gasteiger partial charge in [-0.2, -0.15) is 0 Å². The molecule has 1 saturated heterocycles. The number of ether oxygens (including phenoxy) is 1. The molecular formula is C21H22FN3OS. The topological polar surface area (TPSA) is 37.4 Å². The van der Waals surface area contributed by atoms with Crippen molar-refractivity contribution in [3.63, 3.8) is 0 Å². The van der Waals surface area contributed by atoms with Gasteiger partial charge in [-0.05, 0) is 42.8 Å². The predicted molar refractivity (Wildman–Crippen MR) is 108 cm³/mol. The van der Waals surface area contributed by atoms with Gasteiger partial charge in [0.15, 0.2) is 5.13 Å². The van der Waals surface area contributed by atoms with Gasteiger partial charge >= 0.3 is 0 Å². The molecule has 6 heteroatoms. The summed E-state index contributed by atoms with van der Waals surface area (Å²) < 4.78 is 18.8. The van der Waals surface area contributed by atoms with Crippen molar-refractivity contribution in [3.8, 4) is 11.3 Å². The Balaban J connectivity index is 1.57. The summed E-state index contributed by atoms with van der Waals surface area (Å²) in [6.07, 6.45) is 0.918. The fourth-order valence-corrected chi connectivity index (χ4v) is 4.13. The number of anilines is 2. The highest BCUT2D eigenvalue weighted by molar-refractivity contribution is 7.16. The number of nitrogens with zero attached hydrogens (tertiary/aromatic N) is 2. The number of morpholine rings is 1. The smallest absolute Gasteiger partial charge is 0.187 e. The Morgan fingerprint density at radius 3 is 2.52 bits per heavy atom. The highest BCUT2D eigenvalue weighted by Crippen LogP contribution is 2.33. The third kappa shape index (κ3) is 4.71. The van der Waals surface area contributed by atoms with Gasteiger partial charge in [0.05, 0.1) is 18.9 Å². The minimum absolute atomic E-state index is 0.230. The van der Waals surface area contributed by atoms with Crippen molar-refractivity contribution >= 4 is 22.2 Å². The second-order valence-corrected chi connectivity index (χ2v) is 7.58. The predicted octanol–water partition coefficient (Wildman–Crippen LogP) is 4.57. The molecule has 2 heterocycles. The molecule has 1 aliphatic rings. The summed E-state index contributed by atoms with van der Waals surface area (Å²) in [5.74, 6) is -0.230. The van der Waals surface area contributed by atoms with Crippen LogP contribution in [0.15, 0.2) is 54.6 Å². The highest BCUT2D eigenvalue weighted by atomic mass is 32.1. The lowest BCUT2D eigenvalue weighted by Crippen LogP contribution is -2.37. The molecule has 0 atom stereocenters. The third-order valence-corrected chi connectivity index (χ3v) is 5.63. The summed E-state index contributed by atoms with van der Waals surface area (Å²) in [5, 5.41) is 4.24. The second kappa shape index (κ2) is 8.61. The van der Waals surface area contributed by atoms with Crippen molar-refractivity contribution < 1.29 is 9.13 Å². The van der Waals surface area contributed by atoms with E-state index in [9.17, 15) is 4.39 Å². The molecule has 0 radical (unpaired) electrons. The van der Waals surface area contributed by atoms with Gasteiger partial charge in [-0.1, -0.05) is 18.2 Å². The molecule has 0 unspecified atom stereocenters. The molecule has 3 aromatic rings. The lowest BCUT2D eigenvalue weighted by atomic mass is 10.1. The van der Waals surface area contributed by atoms with Gasteiger partial charge in [0.25, 0.3) is 0 Å². The maximum absolute atomic E-state index is 13.3. The van der Waals surface area contributed by atoms with Crippen LogP contribution in [0.5, 0.6) is 0 Å². The molecule has 1 N–H and O–H groups in total. The van der Waals surface area contributed by atoms with E-state index in [1.165, 1.54) is 17.0 Å². The van der Waals surface area contributed by atoms with Gasteiger partial charge in [-0.25, -0.2) is 9.37 Å². The van der Waals surface area contributed by atoms with Crippen molar-refractivity contribution in [2.75, 3.05) is 38.2 Å². The van der Waals surface area contributed by atoms with Crippen LogP contribution in [0.1, 0.15) is 4.88 Å². The first-order valence-electron chi connectivity index (χ1n) is 9.16. The second-order valence-electron chi connectivity index (χ2n) is 6.49. The standard InChI is InChI=1S/C21H22FN3OS/c22-17-8-6-16(7-9-17)20-19(10-11-25-12-14-26-15-13-25)27-21(24-20)23-18-4-2-1-3-5-18/h1-9H,10-15H2,(H,23,24). The third-order valence-electron chi connectivity index (χ3n) is 4.60. The van der Waals surface area contributed by atoms with Crippen LogP contribution in [0.2, 0.25) is 0 Å². The van der Waals surface area contributed by atoms with Crippen molar-refractivity contribution in [3.05, 3.63) is 65.3 Å². The monoisotopic (exact) mass is 383 g/mol. The SMILES string of the molecule is Fc1ccc(-c2nc(Nc3ccccc3)sc2CCN2CCOCC2)cc1. The fourth-order valence-electron chi connectivity index (χ4n) is 3.14. The molecule has 0 amide bonds. The Labute approximate surface area is 162 Å². The Bertz CT molecular complexity index is 861. The number of halogens is 1. The fraction of sp³-hybridized carbons (Fsp3) is 0.286. The number of aromatic nitrogens is 1. The van der Waals surface area contributed by atoms with Crippen molar-refractivity contribution in [1.29, 1.82) is 0 Å². The van der Waals surface area contributed by atoms with Crippen LogP contribution in [0.3, 0.4) is 0 Å². The van der Waals surface area contributed by atoms with Crippen molar-refractivity contribution in [2.45, 2.75) is 6.42 Å². The first kappa shape index (κ1) is 18.1. The van der Waals surface area contributed by atoms with E-state index in [0.717, 1.165) is 61.3 Å². The van der Waals surface area contributed by atoms with E-state index < -0.39 is 0 Å². The van der Waals surface area contributed by atoms with Gasteiger partial charge in [0, 0.05) is 35.8 Å². The van der Waals surface area contributed by atoms with E-state index in [1.54, 1.807) is 23.5 Å². The number of hydrogen-bond acceptors (Lipinski definition) is 5. The Hall–Kier alpha value is -2.28. The summed E-state index contributed by atoms with van der Waals surface area (Å²) in [4.78, 5) is 8.44. The molecule has 4 rings (SSSR count). The summed E-state index contributed by atoms with van der Waals surface area (Å²) in [7, 11) is 0. The summed E-state index contributed by atoms with van der Waals surface area (Å²) in [6.45, 7) is 4.52. The van der Waals surface area contributed by atoms with Crippen molar-refractivity contribution in [2.24, 2.45) is 0 Å². The molecule has 4 nitrogen and oxygen atoms in total. The van der Waals surface area contributed by atoms with E-state index in [0.29, 0.717) is 0 Å². The van der Waals surface area contributed by atoms with E-state index in [2.05, 4.69) is 10.2 Å². The van der Waals surface area contributed by atoms with Gasteiger partial charge in [0.2, 0.25) is 0 Å². The minimum atomic E-state index is -0.230. The molecule has 1 aromatic heterocycles. The zero-order valence-corrected chi connectivity index (χ0v) is 15.8. The number of benzene rings is 2. The first-order chi connectivity index (χ1) is 13.3. The van der Waals surface area contributed by atoms with E-state index in [4.69, 9.17) is 9.72 Å². The first-order valence-corrected chi connectivity index (χ1v) is 9.97. The van der Waals surface area contributed by atoms with Crippen LogP contribution >= 0.6 is 11.3 Å². The Kier molecular flexibility index (Phi) is 5.77. The van der Waals surface area contributed by atoms with Crippen LogP contribution in [0, 0.1) is 5.82 Å². The average Bonchev–Trinajstić information content (AvgIpc) is 3.11. The number of thiazole rings is 1. The summed E-state index contributed by atoms with van der Waals surface area (Å²) >= 11 is 1.67. The van der Waals surface area contributed by atoms with E-state index >= 15 is 0 Å². The lowest BCUT2D eigenvalue weighted by Gasteiger charge is -2.26. The molecule has 27 heavy (non-hydrogen) atoms. The van der Waals surface area contributed by atoms with Crippen LogP contribution in [-0.4, -0.2) is 42.7 Å². The van der Waals surface area contributed by atoms with Crippen LogP contribution in [-0.2, 0) is 11.2 Å². The number of para-hydroxylation sites is 1. The molecule has 0 bridgehead atoms. The van der Waals surface area contributed by atoms with Gasteiger partial charge in [-0.15, -0.1) is 11.3 Å².